The van der Waals surface area contributed by atoms with Gasteiger partial charge in [-0.3, -0.25) is 14.4 Å². The maximum Gasteiger partial charge on any atom is 0.305 e. The van der Waals surface area contributed by atoms with Crippen molar-refractivity contribution < 1.29 is 33.7 Å². The number of nitrogens with zero attached hydrogens (tertiary/aromatic N) is 2. The molecule has 446 valence electrons. The van der Waals surface area contributed by atoms with Crippen molar-refractivity contribution in [3.8, 4) is 0 Å². The summed E-state index contributed by atoms with van der Waals surface area (Å²) in [7, 11) is 0. The van der Waals surface area contributed by atoms with Crippen molar-refractivity contribution in [1.29, 1.82) is 0 Å². The first kappa shape index (κ1) is 73.3. The van der Waals surface area contributed by atoms with Crippen molar-refractivity contribution in [3.05, 3.63) is 0 Å². The number of esters is 3. The van der Waals surface area contributed by atoms with Gasteiger partial charge < -0.3 is 29.1 Å². The minimum Gasteiger partial charge on any atom is -0.466 e. The summed E-state index contributed by atoms with van der Waals surface area (Å²) < 4.78 is 16.6. The van der Waals surface area contributed by atoms with Crippen molar-refractivity contribution in [2.45, 2.75) is 342 Å². The van der Waals surface area contributed by atoms with Gasteiger partial charge in [-0.15, -0.1) is 0 Å². The van der Waals surface area contributed by atoms with E-state index in [0.717, 1.165) is 123 Å². The molecule has 0 aliphatic heterocycles. The van der Waals surface area contributed by atoms with E-state index in [0.29, 0.717) is 39.1 Å². The van der Waals surface area contributed by atoms with E-state index in [-0.39, 0.29) is 24.5 Å². The number of unbranched alkanes of at least 4 members (excludes halogenated alkanes) is 39. The van der Waals surface area contributed by atoms with Crippen LogP contribution in [0.15, 0.2) is 0 Å². The summed E-state index contributed by atoms with van der Waals surface area (Å²) in [5.41, 5.74) is 0. The van der Waals surface area contributed by atoms with Crippen LogP contribution in [0.5, 0.6) is 0 Å². The van der Waals surface area contributed by atoms with Gasteiger partial charge in [0.2, 0.25) is 0 Å². The largest absolute Gasteiger partial charge is 0.466 e. The highest BCUT2D eigenvalue weighted by atomic mass is 16.5. The molecule has 0 aromatic carbocycles. The second-order valence-corrected chi connectivity index (χ2v) is 22.9. The zero-order valence-corrected chi connectivity index (χ0v) is 50.7. The SMILES string of the molecule is CCCCCCCCCCCCOC(=O)CCCCCCCN(CCCO)CCCN(CCCCCCCC(=O)OCCCCCCCCCCCC)CCCCCCCC(=O)OCCCCCCCCCCCC. The number of carbonyl (C=O) groups excluding carboxylic acids is 3. The van der Waals surface area contributed by atoms with Gasteiger partial charge in [-0.05, 0) is 103 Å². The van der Waals surface area contributed by atoms with Crippen LogP contribution in [0.2, 0.25) is 0 Å². The van der Waals surface area contributed by atoms with Gasteiger partial charge in [-0.25, -0.2) is 0 Å². The highest BCUT2D eigenvalue weighted by Gasteiger charge is 2.11. The van der Waals surface area contributed by atoms with Gasteiger partial charge in [0.15, 0.2) is 0 Å². The Balaban J connectivity index is 4.50. The van der Waals surface area contributed by atoms with Crippen molar-refractivity contribution in [1.82, 2.24) is 9.80 Å². The second kappa shape index (κ2) is 63.1. The maximum absolute atomic E-state index is 12.3. The molecule has 75 heavy (non-hydrogen) atoms. The highest BCUT2D eigenvalue weighted by Crippen LogP contribution is 2.16. The molecule has 0 aliphatic carbocycles. The topological polar surface area (TPSA) is 106 Å². The average molecular weight is 1060 g/mol. The average Bonchev–Trinajstić information content (AvgIpc) is 3.41. The first-order valence-electron chi connectivity index (χ1n) is 33.5. The molecule has 0 saturated heterocycles. The standard InChI is InChI=1S/C66H130N2O7/c1-4-7-10-13-16-19-22-25-37-46-61-73-64(70)51-40-31-28-34-43-54-67(55-44-35-29-32-41-52-65(71)74-62-47-38-26-23-20-17-14-11-8-5-2)57-49-58-68(59-50-60-69)56-45-36-30-33-42-53-66(72)75-63-48-39-27-24-21-18-15-12-9-6-3/h69H,4-63H2,1-3H3. The number of hydrogen-bond donors (Lipinski definition) is 1. The minimum atomic E-state index is -0.0255. The Hall–Kier alpha value is -1.71. The van der Waals surface area contributed by atoms with Gasteiger partial charge in [-0.2, -0.15) is 0 Å². The summed E-state index contributed by atoms with van der Waals surface area (Å²) in [5, 5.41) is 9.66. The molecule has 0 atom stereocenters. The van der Waals surface area contributed by atoms with Gasteiger partial charge in [-0.1, -0.05) is 252 Å². The van der Waals surface area contributed by atoms with Gasteiger partial charge >= 0.3 is 17.9 Å². The third kappa shape index (κ3) is 59.8. The third-order valence-electron chi connectivity index (χ3n) is 15.4. The van der Waals surface area contributed by atoms with E-state index in [2.05, 4.69) is 30.6 Å². The first-order valence-corrected chi connectivity index (χ1v) is 33.5. The molecule has 0 rings (SSSR count). The molecule has 0 heterocycles. The van der Waals surface area contributed by atoms with E-state index in [1.807, 2.05) is 0 Å². The zero-order valence-electron chi connectivity index (χ0n) is 50.7. The summed E-state index contributed by atoms with van der Waals surface area (Å²) in [6.45, 7) is 15.2. The Labute approximate surface area is 467 Å². The van der Waals surface area contributed by atoms with E-state index < -0.39 is 0 Å². The normalized spacial score (nSPS) is 11.6. The summed E-state index contributed by atoms with van der Waals surface area (Å²) in [5.74, 6) is -0.0658. The maximum atomic E-state index is 12.3. The van der Waals surface area contributed by atoms with Crippen LogP contribution in [0.25, 0.3) is 0 Å². The molecule has 0 aliphatic rings. The molecule has 0 fully saturated rings. The Morgan fingerprint density at radius 2 is 0.453 bits per heavy atom. The Morgan fingerprint density at radius 3 is 0.707 bits per heavy atom. The molecule has 0 unspecified atom stereocenters. The van der Waals surface area contributed by atoms with E-state index >= 15 is 0 Å². The number of aliphatic hydroxyl groups is 1. The summed E-state index contributed by atoms with van der Waals surface area (Å²) in [6.07, 6.45) is 58.9. The molecule has 0 aromatic rings. The van der Waals surface area contributed by atoms with Gasteiger partial charge in [0, 0.05) is 32.4 Å². The summed E-state index contributed by atoms with van der Waals surface area (Å²) in [4.78, 5) is 42.2. The van der Waals surface area contributed by atoms with Crippen molar-refractivity contribution >= 4 is 17.9 Å². The number of rotatable bonds is 64. The molecule has 0 radical (unpaired) electrons. The van der Waals surface area contributed by atoms with Crippen molar-refractivity contribution in [2.24, 2.45) is 0 Å². The fourth-order valence-electron chi connectivity index (χ4n) is 10.4. The lowest BCUT2D eigenvalue weighted by Gasteiger charge is -2.26. The monoisotopic (exact) mass is 1060 g/mol. The molecule has 1 N–H and O–H groups in total. The quantitative estimate of drug-likeness (QED) is 0.0362. The Morgan fingerprint density at radius 1 is 0.253 bits per heavy atom. The third-order valence-corrected chi connectivity index (χ3v) is 15.4. The lowest BCUT2D eigenvalue weighted by atomic mass is 10.1. The fraction of sp³-hybridized carbons (Fsp3) is 0.955. The number of carbonyl (C=O) groups is 3. The smallest absolute Gasteiger partial charge is 0.305 e. The van der Waals surface area contributed by atoms with Gasteiger partial charge in [0.1, 0.15) is 0 Å². The van der Waals surface area contributed by atoms with Gasteiger partial charge in [0.05, 0.1) is 19.8 Å². The minimum absolute atomic E-state index is 0.0201. The Kier molecular flexibility index (Phi) is 61.7. The molecular formula is C66H130N2O7. The van der Waals surface area contributed by atoms with Crippen LogP contribution in [0.4, 0.5) is 0 Å². The molecule has 0 spiro atoms. The van der Waals surface area contributed by atoms with Crippen LogP contribution in [0, 0.1) is 0 Å². The Bertz CT molecular complexity index is 1100. The predicted molar refractivity (Wildman–Crippen MR) is 321 cm³/mol. The van der Waals surface area contributed by atoms with E-state index in [4.69, 9.17) is 14.2 Å². The molecule has 9 heteroatoms. The first-order chi connectivity index (χ1) is 37.0. The predicted octanol–water partition coefficient (Wildman–Crippen LogP) is 18.8. The van der Waals surface area contributed by atoms with E-state index in [1.54, 1.807) is 0 Å². The van der Waals surface area contributed by atoms with Crippen LogP contribution < -0.4 is 0 Å². The molecule has 0 aromatic heterocycles. The number of hydrogen-bond acceptors (Lipinski definition) is 9. The van der Waals surface area contributed by atoms with E-state index in [1.165, 1.54) is 218 Å². The van der Waals surface area contributed by atoms with Crippen LogP contribution in [0.1, 0.15) is 342 Å². The molecule has 0 amide bonds. The number of aliphatic hydroxyl groups excluding tert-OH is 1. The molecular weight excluding hydrogens is 933 g/mol. The van der Waals surface area contributed by atoms with Crippen LogP contribution in [-0.2, 0) is 28.6 Å². The summed E-state index contributed by atoms with van der Waals surface area (Å²) in [6, 6.07) is 0. The molecule has 0 bridgehead atoms. The lowest BCUT2D eigenvalue weighted by molar-refractivity contribution is -0.144. The van der Waals surface area contributed by atoms with Crippen molar-refractivity contribution in [3.63, 3.8) is 0 Å². The van der Waals surface area contributed by atoms with Crippen LogP contribution in [0.3, 0.4) is 0 Å². The van der Waals surface area contributed by atoms with Crippen molar-refractivity contribution in [2.75, 3.05) is 65.7 Å². The van der Waals surface area contributed by atoms with Crippen LogP contribution in [-0.4, -0.2) is 98.5 Å². The zero-order chi connectivity index (χ0) is 54.4. The molecule has 0 saturated carbocycles. The number of ether oxygens (including phenoxy) is 3. The summed E-state index contributed by atoms with van der Waals surface area (Å²) >= 11 is 0. The lowest BCUT2D eigenvalue weighted by Crippen LogP contribution is -2.33. The fourth-order valence-corrected chi connectivity index (χ4v) is 10.4. The van der Waals surface area contributed by atoms with Gasteiger partial charge in [0.25, 0.3) is 0 Å². The highest BCUT2D eigenvalue weighted by molar-refractivity contribution is 5.69. The molecule has 9 nitrogen and oxygen atoms in total. The second-order valence-electron chi connectivity index (χ2n) is 22.9. The van der Waals surface area contributed by atoms with Crippen LogP contribution >= 0.6 is 0 Å². The van der Waals surface area contributed by atoms with E-state index in [9.17, 15) is 19.5 Å².